The van der Waals surface area contributed by atoms with Gasteiger partial charge in [-0.05, 0) is 240 Å². The summed E-state index contributed by atoms with van der Waals surface area (Å²) in [5.41, 5.74) is 3.64. The molecule has 0 saturated carbocycles. The van der Waals surface area contributed by atoms with E-state index in [0.717, 1.165) is 206 Å². The number of likely N-dealkylation sites (tertiary alicyclic amines) is 3. The Bertz CT molecular complexity index is 4130. The predicted molar refractivity (Wildman–Crippen MR) is 568 cm³/mol. The second kappa shape index (κ2) is 84.4. The van der Waals surface area contributed by atoms with Crippen LogP contribution in [0.25, 0.3) is 0 Å². The third-order valence-corrected chi connectivity index (χ3v) is 24.4. The van der Waals surface area contributed by atoms with Crippen molar-refractivity contribution in [1.82, 2.24) is 25.3 Å². The number of nitrogens with zero attached hydrogens (tertiary/aromatic N) is 5. The Morgan fingerprint density at radius 2 is 0.837 bits per heavy atom. The number of ether oxygens (including phenoxy) is 12. The van der Waals surface area contributed by atoms with E-state index in [4.69, 9.17) is 133 Å². The van der Waals surface area contributed by atoms with Crippen LogP contribution in [0.3, 0.4) is 0 Å². The maximum atomic E-state index is 12.1. The molecule has 141 heavy (non-hydrogen) atoms. The summed E-state index contributed by atoms with van der Waals surface area (Å²) in [5, 5.41) is 40.8. The molecule has 31 nitrogen and oxygen atoms in total. The Kier molecular flexibility index (Phi) is 83.6. The van der Waals surface area contributed by atoms with Crippen LogP contribution in [-0.2, 0) is 90.7 Å². The summed E-state index contributed by atoms with van der Waals surface area (Å²) >= 11 is 28.5. The molecule has 11 unspecified atom stereocenters. The Balaban J connectivity index is 0. The van der Waals surface area contributed by atoms with Gasteiger partial charge in [-0.3, -0.25) is 0 Å². The number of anilines is 2. The summed E-state index contributed by atoms with van der Waals surface area (Å²) in [7, 11) is 2.71. The molecule has 11 atom stereocenters. The third-order valence-electron chi connectivity index (χ3n) is 21.6. The average Bonchev–Trinajstić information content (AvgIpc) is 1.65. The van der Waals surface area contributed by atoms with Crippen molar-refractivity contribution in [1.29, 1.82) is 0 Å². The van der Waals surface area contributed by atoms with Crippen LogP contribution in [0.1, 0.15) is 182 Å². The number of benzene rings is 5. The molecule has 0 aliphatic carbocycles. The van der Waals surface area contributed by atoms with Gasteiger partial charge in [0.2, 0.25) is 0 Å². The van der Waals surface area contributed by atoms with Crippen LogP contribution in [0, 0.1) is 0 Å². The number of hydrogen-bond acceptors (Lipinski definition) is 28. The molecule has 5 aromatic rings. The SMILES string of the molecule is Brc1cccc(Br)c1.Brc1cccc(N2CCC(OC3CCCCO3)C2)c1.C.C.C1=COCCC1.C1CCC(OC2CCNC2)OC1.CC(C)(C)OC(=O)N1CCC(O)C1.CO.Cl.Cl.ClCCl.ClCCl.O=C(OCc1ccccc1)N1CCC(O)C1.O=C(OCc1ccccc1)N1CCC(OC2CCCCO2)C1.O=S(=O)(Cl)c1cccc(N2CCC(OC3CCCCO3)C2)c1.O=S=O.OC1CCNC1.[Na+].[OH-]. The fourth-order valence-corrected chi connectivity index (χ4v) is 17.2. The van der Waals surface area contributed by atoms with Crippen LogP contribution in [0.2, 0.25) is 0 Å². The van der Waals surface area contributed by atoms with E-state index in [0.29, 0.717) is 70.9 Å². The van der Waals surface area contributed by atoms with Crippen LogP contribution in [-0.4, -0.2) is 292 Å². The zero-order valence-corrected chi connectivity index (χ0v) is 94.0. The van der Waals surface area contributed by atoms with Crippen LogP contribution in [0.15, 0.2) is 164 Å². The Labute approximate surface area is 924 Å². The molecule has 5 aromatic carbocycles. The van der Waals surface area contributed by atoms with Gasteiger partial charge < -0.3 is 118 Å². The number of allylic oxidation sites excluding steroid dienone is 1. The number of nitrogens with one attached hydrogen (secondary N) is 2. The number of carbonyl (C=O) groups excluding carboxylic acids is 3. The van der Waals surface area contributed by atoms with Gasteiger partial charge in [-0.15, -0.1) is 71.2 Å². The van der Waals surface area contributed by atoms with Gasteiger partial charge in [0.1, 0.15) is 18.8 Å². The summed E-state index contributed by atoms with van der Waals surface area (Å²) in [6.45, 7) is 21.0. The van der Waals surface area contributed by atoms with E-state index in [2.05, 4.69) is 92.5 Å². The molecule has 802 valence electrons. The molecule has 44 heteroatoms. The fourth-order valence-electron chi connectivity index (χ4n) is 14.9. The molecule has 12 aliphatic rings. The number of aliphatic hydroxyl groups is 4. The standard InChI is InChI=1S/C17H23NO4.C15H20BrNO2.C15H20ClNO4S.C12H15NO3.C9H17NO3.C9H17NO2.C6H4Br2.C5H8O.C4H9NO.2CH2Cl2.CH4O.2CH4.2ClH.Na.O2S.H2O/c19-17(21-13-14-6-2-1-3-7-14)18-10-9-15(12-18)22-16-8-4-5-11-20-16;16-12-4-3-5-13(10-12)17-8-7-14(11-17)19-15-6-1-2-9-18-15;16-22(18,19)14-5-3-4-12(10-14)17-8-7-13(11-17)21-15-6-1-2-9-20-15;14-11-6-7-13(8-11)12(15)16-9-10-4-2-1-3-5-10;1-9(2,3)13-8(12)10-5-4-7(11)6-10;1-2-6-11-9(3-1)12-8-4-5-10-7-8;7-5-2-1-3-6(8)4-5;1-2-4-6-5-3-1;6-4-1-2-5-3-4;2*2-1-3;1-2;;;;;;1-3-2;/h1-3,6-7,15-16H,4-5,8-13H2;3-5,10,14-15H,1-2,6-9,11H2;3-5,10,13,15H,1-2,6-9,11H2;1-5,11,14H,6-9H2;7,11H,4-6H2,1-3H3;8-10H,1-7H2;1-4H;2,4H,1,3,5H2;4-6H,1-3H2;2*1H2;2H,1H3;2*1H4;2*1H;;;1H2/q;;;;;;;;;;;;;;;;+1;;/p-1. The second-order valence-electron chi connectivity index (χ2n) is 33.4. The van der Waals surface area contributed by atoms with E-state index in [1.165, 1.54) is 60.1 Å². The van der Waals surface area contributed by atoms with Gasteiger partial charge in [-0.1, -0.05) is 142 Å². The minimum Gasteiger partial charge on any atom is -0.870 e. The Morgan fingerprint density at radius 3 is 1.16 bits per heavy atom. The largest absolute Gasteiger partial charge is 1.00 e. The van der Waals surface area contributed by atoms with Gasteiger partial charge in [0.05, 0.1) is 77.7 Å². The van der Waals surface area contributed by atoms with Gasteiger partial charge in [-0.25, -0.2) is 22.8 Å². The van der Waals surface area contributed by atoms with Crippen molar-refractivity contribution in [3.8, 4) is 0 Å². The Morgan fingerprint density at radius 1 is 0.461 bits per heavy atom. The zero-order chi connectivity index (χ0) is 98.3. The molecular formula is C97H152Br3Cl7N7NaO24S2. The second-order valence-corrected chi connectivity index (χ2v) is 40.5. The van der Waals surface area contributed by atoms with Gasteiger partial charge in [-0.2, -0.15) is 8.42 Å². The van der Waals surface area contributed by atoms with E-state index in [1.807, 2.05) is 118 Å². The number of carbonyl (C=O) groups is 3. The van der Waals surface area contributed by atoms with Crippen LogP contribution in [0.4, 0.5) is 25.8 Å². The maximum absolute atomic E-state index is 12.1. The first-order valence-corrected chi connectivity index (χ1v) is 53.7. The number of alkyl halides is 4. The fraction of sp³-hybridized carbons (Fsp3) is 0.639. The summed E-state index contributed by atoms with van der Waals surface area (Å²) in [4.78, 5) is 44.5. The van der Waals surface area contributed by atoms with E-state index >= 15 is 0 Å². The smallest absolute Gasteiger partial charge is 0.870 e. The third kappa shape index (κ3) is 64.1. The molecule has 12 heterocycles. The van der Waals surface area contributed by atoms with Crippen LogP contribution < -0.4 is 50.0 Å². The van der Waals surface area contributed by atoms with Gasteiger partial charge in [0.25, 0.3) is 9.05 Å². The summed E-state index contributed by atoms with van der Waals surface area (Å²) in [6, 6.07) is 42.4. The van der Waals surface area contributed by atoms with Gasteiger partial charge >= 0.3 is 59.4 Å². The molecule has 7 N–H and O–H groups in total. The minimum atomic E-state index is -3.70. The molecule has 0 bridgehead atoms. The first kappa shape index (κ1) is 140. The first-order chi connectivity index (χ1) is 65.2. The van der Waals surface area contributed by atoms with Crippen molar-refractivity contribution in [2.45, 2.75) is 262 Å². The number of halogens is 10. The molecule has 0 radical (unpaired) electrons. The molecule has 0 aromatic heterocycles. The van der Waals surface area contributed by atoms with Crippen molar-refractivity contribution in [2.24, 2.45) is 0 Å². The van der Waals surface area contributed by atoms with Crippen molar-refractivity contribution >= 4 is 180 Å². The van der Waals surface area contributed by atoms with Crippen molar-refractivity contribution < 1.29 is 144 Å². The number of β-amino-alcohol motifs (C(OH)–C–C–N with tert-alkyl or cyclic N) is 3. The minimum absolute atomic E-state index is 0. The quantitative estimate of drug-likeness (QED) is 0.0245. The van der Waals surface area contributed by atoms with Gasteiger partial charge in [0.15, 0.2) is 25.2 Å². The Hall–Kier alpha value is -3.31. The van der Waals surface area contributed by atoms with Crippen molar-refractivity contribution in [2.75, 3.05) is 152 Å². The monoisotopic (exact) mass is 2370 g/mol. The van der Waals surface area contributed by atoms with E-state index < -0.39 is 32.3 Å². The zero-order valence-electron chi connectivity index (χ0n) is 80.2. The van der Waals surface area contributed by atoms with E-state index in [9.17, 15) is 33.0 Å². The van der Waals surface area contributed by atoms with Gasteiger partial charge in [0, 0.05) is 141 Å². The number of aliphatic hydroxyl groups excluding tert-OH is 4. The molecular weight excluding hydrogens is 2220 g/mol. The molecule has 11 saturated heterocycles. The molecule has 12 aliphatic heterocycles. The molecule has 17 rings (SSSR count). The topological polar surface area (TPSA) is 381 Å². The van der Waals surface area contributed by atoms with Crippen LogP contribution in [0.5, 0.6) is 0 Å². The molecule has 11 fully saturated rings. The van der Waals surface area contributed by atoms with Crippen molar-refractivity contribution in [3.63, 3.8) is 0 Å². The van der Waals surface area contributed by atoms with Crippen molar-refractivity contribution in [3.05, 3.63) is 170 Å². The maximum Gasteiger partial charge on any atom is 1.00 e. The summed E-state index contributed by atoms with van der Waals surface area (Å²) in [6.07, 6.45) is 24.9. The predicted octanol–water partition coefficient (Wildman–Crippen LogP) is 17.1. The summed E-state index contributed by atoms with van der Waals surface area (Å²) < 4.78 is 109. The average molecular weight is 2380 g/mol. The molecule has 3 amide bonds. The summed E-state index contributed by atoms with van der Waals surface area (Å²) in [5.74, 6) is 0. The number of amides is 3. The molecule has 0 spiro atoms. The number of hydrogen-bond donors (Lipinski definition) is 6. The van der Waals surface area contributed by atoms with E-state index in [1.54, 1.807) is 23.3 Å². The normalized spacial score (nSPS) is 22.6. The van der Waals surface area contributed by atoms with E-state index in [-0.39, 0.29) is 165 Å². The first-order valence-electron chi connectivity index (χ1n) is 46.2. The number of rotatable bonds is 15. The van der Waals surface area contributed by atoms with Crippen LogP contribution >= 0.6 is 130 Å².